The number of carbonyl (C=O) groups is 1. The zero-order valence-electron chi connectivity index (χ0n) is 7.53. The van der Waals surface area contributed by atoms with Gasteiger partial charge in [-0.2, -0.15) is 11.6 Å². The monoisotopic (exact) mass is 249 g/mol. The second-order valence-corrected chi connectivity index (χ2v) is 3.03. The van der Waals surface area contributed by atoms with Gasteiger partial charge in [0.1, 0.15) is 5.78 Å². The van der Waals surface area contributed by atoms with E-state index in [-0.39, 0.29) is 38.5 Å². The summed E-state index contributed by atoms with van der Waals surface area (Å²) >= 11 is 0. The van der Waals surface area contributed by atoms with Crippen LogP contribution in [0.15, 0.2) is 24.3 Å². The summed E-state index contributed by atoms with van der Waals surface area (Å²) in [4.78, 5) is 13.1. The summed E-state index contributed by atoms with van der Waals surface area (Å²) in [6.45, 7) is 0.497. The minimum Gasteiger partial charge on any atom is -0.420 e. The molecule has 1 heterocycles. The summed E-state index contributed by atoms with van der Waals surface area (Å²) in [5, 5.41) is 0. The average molecular weight is 249 g/mol. The quantitative estimate of drug-likeness (QED) is 0.645. The molecule has 0 saturated heterocycles. The van der Waals surface area contributed by atoms with Crippen LogP contribution >= 0.6 is 0 Å². The second kappa shape index (κ2) is 4.25. The molecule has 0 spiro atoms. The van der Waals surface area contributed by atoms with Gasteiger partial charge in [0.15, 0.2) is 0 Å². The standard InChI is InChI=1S/C10H10NO.Y/c1-11-7-9(12)6-8-4-2-3-5-10(8)11;/h2-6H,7H2,1H3;/q-1;+3. The largest absolute Gasteiger partial charge is 3.00 e. The van der Waals surface area contributed by atoms with Crippen LogP contribution in [-0.2, 0) is 37.5 Å². The Kier molecular flexibility index (Phi) is 3.51. The summed E-state index contributed by atoms with van der Waals surface area (Å²) in [6, 6.07) is 7.92. The predicted molar refractivity (Wildman–Crippen MR) is 48.1 cm³/mol. The van der Waals surface area contributed by atoms with Gasteiger partial charge < -0.3 is 9.69 Å². The first-order valence-electron chi connectivity index (χ1n) is 3.95. The van der Waals surface area contributed by atoms with E-state index in [0.717, 1.165) is 11.3 Å². The van der Waals surface area contributed by atoms with Gasteiger partial charge in [0.05, 0.1) is 6.54 Å². The molecular formula is C10H10NOY+2. The van der Waals surface area contributed by atoms with Crippen molar-refractivity contribution in [1.82, 2.24) is 0 Å². The average Bonchev–Trinajstić information content (AvgIpc) is 2.04. The van der Waals surface area contributed by atoms with Gasteiger partial charge in [-0.3, -0.25) is 0 Å². The molecule has 1 aliphatic heterocycles. The van der Waals surface area contributed by atoms with E-state index in [9.17, 15) is 4.79 Å². The van der Waals surface area contributed by atoms with Crippen LogP contribution in [0.1, 0.15) is 5.56 Å². The molecule has 0 aromatic heterocycles. The topological polar surface area (TPSA) is 20.3 Å². The third-order valence-corrected chi connectivity index (χ3v) is 2.06. The van der Waals surface area contributed by atoms with E-state index in [1.807, 2.05) is 36.2 Å². The third-order valence-electron chi connectivity index (χ3n) is 2.06. The van der Waals surface area contributed by atoms with Crippen LogP contribution in [0.25, 0.3) is 0 Å². The smallest absolute Gasteiger partial charge is 0.420 e. The Balaban J connectivity index is 0.000000845. The summed E-state index contributed by atoms with van der Waals surface area (Å²) in [6.07, 6.45) is 1.70. The first-order chi connectivity index (χ1) is 5.77. The minimum absolute atomic E-state index is 0. The number of fused-ring (bicyclic) bond motifs is 1. The number of ketones is 1. The van der Waals surface area contributed by atoms with E-state index in [1.54, 1.807) is 6.42 Å². The Bertz CT molecular complexity index is 324. The van der Waals surface area contributed by atoms with Crippen LogP contribution in [0.5, 0.6) is 0 Å². The van der Waals surface area contributed by atoms with E-state index < -0.39 is 0 Å². The van der Waals surface area contributed by atoms with Crippen molar-refractivity contribution in [3.8, 4) is 0 Å². The fourth-order valence-electron chi connectivity index (χ4n) is 1.50. The van der Waals surface area contributed by atoms with Gasteiger partial charge in [-0.05, 0) is 7.05 Å². The Labute approximate surface area is 103 Å². The molecule has 1 aromatic carbocycles. The number of Topliss-reactive ketones (excluding diaryl/α,β-unsaturated/α-hetero) is 1. The molecule has 0 saturated carbocycles. The number of benzene rings is 1. The molecule has 0 N–H and O–H groups in total. The van der Waals surface area contributed by atoms with Gasteiger partial charge in [-0.25, -0.2) is 0 Å². The van der Waals surface area contributed by atoms with Crippen molar-refractivity contribution in [1.29, 1.82) is 0 Å². The molecule has 13 heavy (non-hydrogen) atoms. The van der Waals surface area contributed by atoms with Gasteiger partial charge in [0, 0.05) is 0 Å². The number of carbonyl (C=O) groups excluding carboxylic acids is 1. The van der Waals surface area contributed by atoms with Gasteiger partial charge >= 0.3 is 32.7 Å². The van der Waals surface area contributed by atoms with Crippen molar-refractivity contribution in [2.45, 2.75) is 0 Å². The van der Waals surface area contributed by atoms with E-state index in [4.69, 9.17) is 0 Å². The molecule has 1 aromatic rings. The van der Waals surface area contributed by atoms with Crippen molar-refractivity contribution in [3.05, 3.63) is 36.2 Å². The number of likely N-dealkylation sites (N-methyl/N-ethyl adjacent to an activating group) is 1. The van der Waals surface area contributed by atoms with Crippen LogP contribution < -0.4 is 4.90 Å². The van der Waals surface area contributed by atoms with Crippen molar-refractivity contribution < 1.29 is 37.5 Å². The predicted octanol–water partition coefficient (Wildman–Crippen LogP) is 1.26. The molecule has 0 amide bonds. The Morgan fingerprint density at radius 1 is 1.38 bits per heavy atom. The summed E-state index contributed by atoms with van der Waals surface area (Å²) in [5.41, 5.74) is 2.16. The van der Waals surface area contributed by atoms with Crippen LogP contribution in [0, 0.1) is 6.42 Å². The van der Waals surface area contributed by atoms with Crippen molar-refractivity contribution in [2.24, 2.45) is 0 Å². The van der Waals surface area contributed by atoms with Crippen molar-refractivity contribution >= 4 is 11.5 Å². The van der Waals surface area contributed by atoms with Gasteiger partial charge in [-0.15, -0.1) is 12.5 Å². The third kappa shape index (κ3) is 2.12. The maximum atomic E-state index is 11.1. The Morgan fingerprint density at radius 3 is 2.85 bits per heavy atom. The molecule has 3 heteroatoms. The molecule has 0 bridgehead atoms. The fraction of sp³-hybridized carbons (Fsp3) is 0.200. The fourth-order valence-corrected chi connectivity index (χ4v) is 1.50. The normalized spacial score (nSPS) is 14.2. The van der Waals surface area contributed by atoms with Crippen LogP contribution in [0.2, 0.25) is 0 Å². The summed E-state index contributed by atoms with van der Waals surface area (Å²) < 4.78 is 0. The van der Waals surface area contributed by atoms with Gasteiger partial charge in [0.25, 0.3) is 0 Å². The van der Waals surface area contributed by atoms with Gasteiger partial charge in [-0.1, -0.05) is 17.8 Å². The number of hydrogen-bond donors (Lipinski definition) is 0. The molecule has 0 radical (unpaired) electrons. The zero-order valence-corrected chi connectivity index (χ0v) is 10.4. The van der Waals surface area contributed by atoms with Crippen molar-refractivity contribution in [2.75, 3.05) is 18.5 Å². The van der Waals surface area contributed by atoms with Crippen LogP contribution in [0.3, 0.4) is 0 Å². The molecule has 2 nitrogen and oxygen atoms in total. The zero-order chi connectivity index (χ0) is 8.55. The minimum atomic E-state index is 0. The molecule has 0 atom stereocenters. The maximum absolute atomic E-state index is 11.1. The molecule has 0 aliphatic carbocycles. The van der Waals surface area contributed by atoms with Crippen LogP contribution in [-0.4, -0.2) is 19.4 Å². The van der Waals surface area contributed by atoms with E-state index in [1.165, 1.54) is 0 Å². The first-order valence-corrected chi connectivity index (χ1v) is 3.95. The number of anilines is 1. The molecule has 0 unspecified atom stereocenters. The van der Waals surface area contributed by atoms with E-state index >= 15 is 0 Å². The molecule has 62 valence electrons. The SMILES string of the molecule is CN1CC(=O)[CH-]c2ccccc21.[Y+3]. The number of nitrogens with zero attached hydrogens (tertiary/aromatic N) is 1. The number of rotatable bonds is 0. The molecular weight excluding hydrogens is 239 g/mol. The van der Waals surface area contributed by atoms with Gasteiger partial charge in [0.2, 0.25) is 0 Å². The molecule has 1 aliphatic rings. The number of para-hydroxylation sites is 1. The molecule has 2 rings (SSSR count). The van der Waals surface area contributed by atoms with Crippen LogP contribution in [0.4, 0.5) is 5.69 Å². The summed E-state index contributed by atoms with van der Waals surface area (Å²) in [7, 11) is 1.93. The maximum Gasteiger partial charge on any atom is 3.00 e. The second-order valence-electron chi connectivity index (χ2n) is 3.03. The summed E-state index contributed by atoms with van der Waals surface area (Å²) in [5.74, 6) is 0.177. The Hall–Kier alpha value is -0.336. The molecule has 0 fully saturated rings. The Morgan fingerprint density at radius 2 is 2.08 bits per heavy atom. The number of hydrogen-bond acceptors (Lipinski definition) is 2. The first kappa shape index (κ1) is 10.7. The van der Waals surface area contributed by atoms with E-state index in [2.05, 4.69) is 0 Å². The van der Waals surface area contributed by atoms with Crippen molar-refractivity contribution in [3.63, 3.8) is 0 Å². The van der Waals surface area contributed by atoms with E-state index in [0.29, 0.717) is 6.54 Å².